The summed E-state index contributed by atoms with van der Waals surface area (Å²) in [6, 6.07) is 8.07. The molecule has 0 unspecified atom stereocenters. The fourth-order valence-electron chi connectivity index (χ4n) is 3.04. The second-order valence-electron chi connectivity index (χ2n) is 7.25. The van der Waals surface area contributed by atoms with Crippen molar-refractivity contribution < 1.29 is 12.6 Å². The van der Waals surface area contributed by atoms with E-state index in [4.69, 9.17) is 4.18 Å². The molecular weight excluding hydrogens is 336 g/mol. The van der Waals surface area contributed by atoms with Crippen molar-refractivity contribution in [3.8, 4) is 0 Å². The Morgan fingerprint density at radius 3 is 2.04 bits per heavy atom. The standard InChI is InChI=1S/C19H32N2O3S/c1-6-20(13-14-21(15(2)3)16(4)5)17-7-11-19(12-8-17)25(22,23)24-18-9-10-18/h7-8,11-12,15-16,18H,6,9-10,13-14H2,1-5H3. The van der Waals surface area contributed by atoms with Gasteiger partial charge in [0.05, 0.1) is 11.0 Å². The molecule has 0 radical (unpaired) electrons. The topological polar surface area (TPSA) is 49.9 Å². The van der Waals surface area contributed by atoms with Gasteiger partial charge in [-0.3, -0.25) is 9.08 Å². The highest BCUT2D eigenvalue weighted by molar-refractivity contribution is 7.86. The van der Waals surface area contributed by atoms with Gasteiger partial charge >= 0.3 is 0 Å². The maximum atomic E-state index is 12.2. The molecule has 1 fully saturated rings. The fourth-order valence-corrected chi connectivity index (χ4v) is 4.17. The van der Waals surface area contributed by atoms with Crippen LogP contribution in [-0.4, -0.2) is 51.1 Å². The molecule has 0 atom stereocenters. The van der Waals surface area contributed by atoms with Crippen LogP contribution in [0.15, 0.2) is 29.2 Å². The number of likely N-dealkylation sites (N-methyl/N-ethyl adjacent to an activating group) is 1. The summed E-state index contributed by atoms with van der Waals surface area (Å²) >= 11 is 0. The maximum absolute atomic E-state index is 12.2. The Bertz CT molecular complexity index is 629. The van der Waals surface area contributed by atoms with Crippen molar-refractivity contribution in [3.63, 3.8) is 0 Å². The van der Waals surface area contributed by atoms with Crippen molar-refractivity contribution in [2.45, 2.75) is 70.5 Å². The van der Waals surface area contributed by atoms with Crippen molar-refractivity contribution in [3.05, 3.63) is 24.3 Å². The van der Waals surface area contributed by atoms with Crippen LogP contribution in [0.3, 0.4) is 0 Å². The summed E-state index contributed by atoms with van der Waals surface area (Å²) < 4.78 is 29.5. The quantitative estimate of drug-likeness (QED) is 0.592. The number of hydrogen-bond acceptors (Lipinski definition) is 5. The van der Waals surface area contributed by atoms with Crippen molar-refractivity contribution in [1.82, 2.24) is 4.90 Å². The van der Waals surface area contributed by atoms with Crippen LogP contribution in [0.5, 0.6) is 0 Å². The van der Waals surface area contributed by atoms with Crippen LogP contribution in [-0.2, 0) is 14.3 Å². The minimum absolute atomic E-state index is 0.116. The lowest BCUT2D eigenvalue weighted by molar-refractivity contribution is 0.179. The van der Waals surface area contributed by atoms with Crippen molar-refractivity contribution in [2.24, 2.45) is 0 Å². The van der Waals surface area contributed by atoms with Crippen LogP contribution in [0.1, 0.15) is 47.5 Å². The first-order chi connectivity index (χ1) is 11.7. The third kappa shape index (κ3) is 5.69. The van der Waals surface area contributed by atoms with E-state index in [1.165, 1.54) is 0 Å². The molecule has 1 aromatic rings. The molecule has 0 aromatic heterocycles. The van der Waals surface area contributed by atoms with Crippen LogP contribution in [0.2, 0.25) is 0 Å². The average Bonchev–Trinajstić information content (AvgIpc) is 3.34. The molecule has 0 heterocycles. The first-order valence-corrected chi connectivity index (χ1v) is 10.7. The Morgan fingerprint density at radius 2 is 1.60 bits per heavy atom. The van der Waals surface area contributed by atoms with Gasteiger partial charge in [-0.2, -0.15) is 8.42 Å². The highest BCUT2D eigenvalue weighted by Gasteiger charge is 2.30. The third-order valence-corrected chi connectivity index (χ3v) is 5.99. The lowest BCUT2D eigenvalue weighted by Crippen LogP contribution is -2.42. The van der Waals surface area contributed by atoms with Gasteiger partial charge in [-0.25, -0.2) is 0 Å². The van der Waals surface area contributed by atoms with Gasteiger partial charge < -0.3 is 4.90 Å². The maximum Gasteiger partial charge on any atom is 0.297 e. The minimum Gasteiger partial charge on any atom is -0.371 e. The monoisotopic (exact) mass is 368 g/mol. The molecular formula is C19H32N2O3S. The first-order valence-electron chi connectivity index (χ1n) is 9.28. The van der Waals surface area contributed by atoms with Crippen LogP contribution in [0.25, 0.3) is 0 Å². The first kappa shape index (κ1) is 20.2. The molecule has 1 aliphatic carbocycles. The highest BCUT2D eigenvalue weighted by Crippen LogP contribution is 2.29. The van der Waals surface area contributed by atoms with E-state index in [-0.39, 0.29) is 11.0 Å². The number of hydrogen-bond donors (Lipinski definition) is 0. The van der Waals surface area contributed by atoms with Crippen molar-refractivity contribution in [1.29, 1.82) is 0 Å². The predicted molar refractivity (Wildman–Crippen MR) is 103 cm³/mol. The van der Waals surface area contributed by atoms with Gasteiger partial charge in [0.1, 0.15) is 0 Å². The molecule has 1 saturated carbocycles. The van der Waals surface area contributed by atoms with Crippen molar-refractivity contribution in [2.75, 3.05) is 24.5 Å². The van der Waals surface area contributed by atoms with E-state index in [2.05, 4.69) is 44.4 Å². The molecule has 2 rings (SSSR count). The number of nitrogens with zero attached hydrogens (tertiary/aromatic N) is 2. The molecule has 25 heavy (non-hydrogen) atoms. The van der Waals surface area contributed by atoms with E-state index in [9.17, 15) is 8.42 Å². The van der Waals surface area contributed by atoms with Gasteiger partial charge in [0, 0.05) is 37.4 Å². The second kappa shape index (κ2) is 8.52. The van der Waals surface area contributed by atoms with Crippen LogP contribution in [0.4, 0.5) is 5.69 Å². The molecule has 0 spiro atoms. The Morgan fingerprint density at radius 1 is 1.04 bits per heavy atom. The molecule has 142 valence electrons. The normalized spacial score (nSPS) is 15.4. The van der Waals surface area contributed by atoms with E-state index < -0.39 is 10.1 Å². The van der Waals surface area contributed by atoms with Gasteiger partial charge in [-0.05, 0) is 71.7 Å². The molecule has 5 nitrogen and oxygen atoms in total. The van der Waals surface area contributed by atoms with Crippen LogP contribution >= 0.6 is 0 Å². The van der Waals surface area contributed by atoms with Gasteiger partial charge in [0.25, 0.3) is 10.1 Å². The Balaban J connectivity index is 2.02. The van der Waals surface area contributed by atoms with Crippen LogP contribution < -0.4 is 4.90 Å². The Kier molecular flexibility index (Phi) is 6.88. The SMILES string of the molecule is CCN(CCN(C(C)C)C(C)C)c1ccc(S(=O)(=O)OC2CC2)cc1. The summed E-state index contributed by atoms with van der Waals surface area (Å²) in [5.74, 6) is 0. The molecule has 0 amide bonds. The average molecular weight is 369 g/mol. The van der Waals surface area contributed by atoms with E-state index in [1.54, 1.807) is 12.1 Å². The number of rotatable bonds is 10. The lowest BCUT2D eigenvalue weighted by Gasteiger charge is -2.33. The second-order valence-corrected chi connectivity index (χ2v) is 8.82. The third-order valence-electron chi connectivity index (χ3n) is 4.61. The molecule has 0 saturated heterocycles. The zero-order chi connectivity index (χ0) is 18.6. The number of benzene rings is 1. The van der Waals surface area contributed by atoms with Gasteiger partial charge in [0.15, 0.2) is 0 Å². The lowest BCUT2D eigenvalue weighted by atomic mass is 10.2. The molecule has 1 aliphatic rings. The minimum atomic E-state index is -3.62. The van der Waals surface area contributed by atoms with E-state index >= 15 is 0 Å². The molecule has 0 N–H and O–H groups in total. The zero-order valence-electron chi connectivity index (χ0n) is 16.1. The fraction of sp³-hybridized carbons (Fsp3) is 0.684. The van der Waals surface area contributed by atoms with Crippen LogP contribution in [0, 0.1) is 0 Å². The summed E-state index contributed by atoms with van der Waals surface area (Å²) in [7, 11) is -3.62. The van der Waals surface area contributed by atoms with E-state index in [0.717, 1.165) is 38.2 Å². The molecule has 6 heteroatoms. The summed E-state index contributed by atoms with van der Waals surface area (Å²) in [4.78, 5) is 4.98. The summed E-state index contributed by atoms with van der Waals surface area (Å²) in [5.41, 5.74) is 1.04. The van der Waals surface area contributed by atoms with E-state index in [1.807, 2.05) is 12.1 Å². The summed E-state index contributed by atoms with van der Waals surface area (Å²) in [5, 5.41) is 0. The summed E-state index contributed by atoms with van der Waals surface area (Å²) in [6.07, 6.45) is 1.56. The molecule has 0 aliphatic heterocycles. The molecule has 1 aromatic carbocycles. The van der Waals surface area contributed by atoms with Crippen molar-refractivity contribution >= 4 is 15.8 Å². The van der Waals surface area contributed by atoms with Gasteiger partial charge in [-0.15, -0.1) is 0 Å². The zero-order valence-corrected chi connectivity index (χ0v) is 16.9. The smallest absolute Gasteiger partial charge is 0.297 e. The predicted octanol–water partition coefficient (Wildman–Crippen LogP) is 3.50. The summed E-state index contributed by atoms with van der Waals surface area (Å²) in [6.45, 7) is 13.8. The van der Waals surface area contributed by atoms with Gasteiger partial charge in [0.2, 0.25) is 0 Å². The highest BCUT2D eigenvalue weighted by atomic mass is 32.2. The number of anilines is 1. The Labute approximate surface area is 153 Å². The van der Waals surface area contributed by atoms with Gasteiger partial charge in [-0.1, -0.05) is 0 Å². The van der Waals surface area contributed by atoms with E-state index in [0.29, 0.717) is 12.1 Å². The Hall–Kier alpha value is -1.11. The molecule has 0 bridgehead atoms. The largest absolute Gasteiger partial charge is 0.371 e.